The number of hydrogen-bond donors (Lipinski definition) is 2. The van der Waals surface area contributed by atoms with Gasteiger partial charge >= 0.3 is 0 Å². The van der Waals surface area contributed by atoms with Crippen molar-refractivity contribution in [1.29, 1.82) is 0 Å². The molecule has 1 aromatic carbocycles. The molecule has 0 radical (unpaired) electrons. The van der Waals surface area contributed by atoms with Gasteiger partial charge in [-0.3, -0.25) is 10.1 Å². The van der Waals surface area contributed by atoms with Crippen LogP contribution in [0.5, 0.6) is 5.75 Å². The second-order valence-electron chi connectivity index (χ2n) is 2.91. The van der Waals surface area contributed by atoms with Crippen LogP contribution in [0.15, 0.2) is 12.1 Å². The topological polar surface area (TPSA) is 84.6 Å². The van der Waals surface area contributed by atoms with E-state index in [9.17, 15) is 10.1 Å². The van der Waals surface area contributed by atoms with Gasteiger partial charge < -0.3 is 15.2 Å². The Morgan fingerprint density at radius 2 is 2.31 bits per heavy atom. The number of nitro groups is 1. The highest BCUT2D eigenvalue weighted by atomic mass is 35.5. The van der Waals surface area contributed by atoms with Gasteiger partial charge in [0.1, 0.15) is 11.4 Å². The molecule has 0 aliphatic carbocycles. The summed E-state index contributed by atoms with van der Waals surface area (Å²) in [5, 5.41) is 22.4. The molecule has 0 aliphatic rings. The van der Waals surface area contributed by atoms with Gasteiger partial charge in [-0.2, -0.15) is 0 Å². The lowest BCUT2D eigenvalue weighted by Crippen LogP contribution is -2.07. The molecule has 2 N–H and O–H groups in total. The summed E-state index contributed by atoms with van der Waals surface area (Å²) >= 11 is 5.84. The molecule has 0 heterocycles. The zero-order valence-electron chi connectivity index (χ0n) is 8.57. The molecule has 0 aromatic heterocycles. The van der Waals surface area contributed by atoms with Crippen molar-refractivity contribution in [2.24, 2.45) is 0 Å². The van der Waals surface area contributed by atoms with Crippen LogP contribution >= 0.6 is 11.6 Å². The third-order valence-electron chi connectivity index (χ3n) is 1.89. The van der Waals surface area contributed by atoms with Gasteiger partial charge in [0.05, 0.1) is 29.7 Å². The Balaban J connectivity index is 3.14. The van der Waals surface area contributed by atoms with E-state index < -0.39 is 4.92 Å². The number of halogens is 1. The normalized spacial score (nSPS) is 9.94. The average Bonchev–Trinajstić information content (AvgIpc) is 2.25. The molecule has 0 unspecified atom stereocenters. The largest absolute Gasteiger partial charge is 0.495 e. The number of hydrogen-bond acceptors (Lipinski definition) is 5. The van der Waals surface area contributed by atoms with Gasteiger partial charge in [0.15, 0.2) is 0 Å². The Morgan fingerprint density at radius 3 is 2.81 bits per heavy atom. The van der Waals surface area contributed by atoms with Crippen molar-refractivity contribution in [2.45, 2.75) is 0 Å². The van der Waals surface area contributed by atoms with Crippen LogP contribution in [-0.2, 0) is 0 Å². The molecule has 0 amide bonds. The summed E-state index contributed by atoms with van der Waals surface area (Å²) in [5.41, 5.74) is 0.111. The first-order valence-electron chi connectivity index (χ1n) is 4.46. The SMILES string of the molecule is COc1cc([N+](=O)[O-])c(NCCO)cc1Cl. The molecule has 6 nitrogen and oxygen atoms in total. The van der Waals surface area contributed by atoms with E-state index in [-0.39, 0.29) is 35.3 Å². The summed E-state index contributed by atoms with van der Waals surface area (Å²) in [5.74, 6) is 0.239. The summed E-state index contributed by atoms with van der Waals surface area (Å²) in [4.78, 5) is 10.2. The number of anilines is 1. The maximum absolute atomic E-state index is 10.8. The molecule has 0 bridgehead atoms. The second kappa shape index (κ2) is 5.53. The van der Waals surface area contributed by atoms with Crippen molar-refractivity contribution in [3.63, 3.8) is 0 Å². The first-order valence-corrected chi connectivity index (χ1v) is 4.84. The highest BCUT2D eigenvalue weighted by molar-refractivity contribution is 6.32. The predicted molar refractivity (Wildman–Crippen MR) is 60.2 cm³/mol. The van der Waals surface area contributed by atoms with Gasteiger partial charge in [-0.05, 0) is 6.07 Å². The fraction of sp³-hybridized carbons (Fsp3) is 0.333. The van der Waals surface area contributed by atoms with Crippen LogP contribution in [0.3, 0.4) is 0 Å². The van der Waals surface area contributed by atoms with E-state index in [1.807, 2.05) is 0 Å². The third kappa shape index (κ3) is 2.74. The van der Waals surface area contributed by atoms with E-state index in [2.05, 4.69) is 5.32 Å². The Morgan fingerprint density at radius 1 is 1.62 bits per heavy atom. The highest BCUT2D eigenvalue weighted by Gasteiger charge is 2.17. The number of aliphatic hydroxyl groups is 1. The molecule has 1 aromatic rings. The molecular formula is C9H11ClN2O4. The number of nitro benzene ring substituents is 1. The molecule has 0 saturated heterocycles. The van der Waals surface area contributed by atoms with Crippen LogP contribution < -0.4 is 10.1 Å². The minimum atomic E-state index is -0.543. The van der Waals surface area contributed by atoms with Crippen molar-refractivity contribution >= 4 is 23.0 Å². The summed E-state index contributed by atoms with van der Waals surface area (Å²) in [6.07, 6.45) is 0. The van der Waals surface area contributed by atoms with E-state index in [0.29, 0.717) is 0 Å². The lowest BCUT2D eigenvalue weighted by Gasteiger charge is -2.08. The number of methoxy groups -OCH3 is 1. The van der Waals surface area contributed by atoms with E-state index in [1.54, 1.807) is 0 Å². The Kier molecular flexibility index (Phi) is 4.33. The van der Waals surface area contributed by atoms with E-state index in [0.717, 1.165) is 0 Å². The second-order valence-corrected chi connectivity index (χ2v) is 3.32. The number of nitrogens with one attached hydrogen (secondary N) is 1. The maximum Gasteiger partial charge on any atom is 0.296 e. The van der Waals surface area contributed by atoms with Crippen LogP contribution in [0, 0.1) is 10.1 Å². The van der Waals surface area contributed by atoms with Crippen LogP contribution in [0.4, 0.5) is 11.4 Å². The minimum Gasteiger partial charge on any atom is -0.495 e. The van der Waals surface area contributed by atoms with E-state index in [1.165, 1.54) is 19.2 Å². The number of aliphatic hydroxyl groups excluding tert-OH is 1. The smallest absolute Gasteiger partial charge is 0.296 e. The lowest BCUT2D eigenvalue weighted by atomic mass is 10.2. The third-order valence-corrected chi connectivity index (χ3v) is 2.19. The van der Waals surface area contributed by atoms with Crippen LogP contribution in [0.2, 0.25) is 5.02 Å². The Labute approximate surface area is 96.9 Å². The monoisotopic (exact) mass is 246 g/mol. The van der Waals surface area contributed by atoms with Crippen molar-refractivity contribution in [1.82, 2.24) is 0 Å². The van der Waals surface area contributed by atoms with Crippen molar-refractivity contribution in [3.8, 4) is 5.75 Å². The molecule has 0 fully saturated rings. The molecule has 0 atom stereocenters. The zero-order valence-corrected chi connectivity index (χ0v) is 9.32. The van der Waals surface area contributed by atoms with Gasteiger partial charge in [-0.25, -0.2) is 0 Å². The van der Waals surface area contributed by atoms with Gasteiger partial charge in [-0.15, -0.1) is 0 Å². The summed E-state index contributed by atoms with van der Waals surface area (Å²) in [6, 6.07) is 2.64. The minimum absolute atomic E-state index is 0.124. The number of rotatable bonds is 5. The Bertz CT molecular complexity index is 397. The summed E-state index contributed by atoms with van der Waals surface area (Å²) in [7, 11) is 1.38. The number of nitrogens with zero attached hydrogens (tertiary/aromatic N) is 1. The molecule has 88 valence electrons. The van der Waals surface area contributed by atoms with Crippen molar-refractivity contribution in [2.75, 3.05) is 25.6 Å². The number of ether oxygens (including phenoxy) is 1. The summed E-state index contributed by atoms with van der Waals surface area (Å²) in [6.45, 7) is 0.0876. The van der Waals surface area contributed by atoms with Gasteiger partial charge in [0.2, 0.25) is 0 Å². The molecule has 7 heteroatoms. The first-order chi connectivity index (χ1) is 7.60. The Hall–Kier alpha value is -1.53. The van der Waals surface area contributed by atoms with Gasteiger partial charge in [0.25, 0.3) is 5.69 Å². The van der Waals surface area contributed by atoms with E-state index in [4.69, 9.17) is 21.4 Å². The van der Waals surface area contributed by atoms with Crippen molar-refractivity contribution in [3.05, 3.63) is 27.3 Å². The number of benzene rings is 1. The predicted octanol–water partition coefficient (Wildman–Crippen LogP) is 1.66. The standard InChI is InChI=1S/C9H11ClN2O4/c1-16-9-5-8(12(14)15)7(4-6(9)10)11-2-3-13/h4-5,11,13H,2-3H2,1H3. The molecule has 0 aliphatic heterocycles. The average molecular weight is 247 g/mol. The molecule has 0 saturated carbocycles. The van der Waals surface area contributed by atoms with Crippen LogP contribution in [-0.4, -0.2) is 30.3 Å². The maximum atomic E-state index is 10.8. The lowest BCUT2D eigenvalue weighted by molar-refractivity contribution is -0.384. The van der Waals surface area contributed by atoms with Crippen LogP contribution in [0.25, 0.3) is 0 Å². The molecule has 0 spiro atoms. The zero-order chi connectivity index (χ0) is 12.1. The van der Waals surface area contributed by atoms with Crippen molar-refractivity contribution < 1.29 is 14.8 Å². The van der Waals surface area contributed by atoms with Crippen LogP contribution in [0.1, 0.15) is 0 Å². The van der Waals surface area contributed by atoms with Gasteiger partial charge in [-0.1, -0.05) is 11.6 Å². The fourth-order valence-electron chi connectivity index (χ4n) is 1.18. The highest BCUT2D eigenvalue weighted by Crippen LogP contribution is 2.35. The van der Waals surface area contributed by atoms with E-state index >= 15 is 0 Å². The fourth-order valence-corrected chi connectivity index (χ4v) is 1.42. The first kappa shape index (κ1) is 12.5. The van der Waals surface area contributed by atoms with Gasteiger partial charge in [0, 0.05) is 6.54 Å². The molecule has 16 heavy (non-hydrogen) atoms. The summed E-state index contributed by atoms with van der Waals surface area (Å²) < 4.78 is 4.88. The molecule has 1 rings (SSSR count). The molecular weight excluding hydrogens is 236 g/mol. The quantitative estimate of drug-likeness (QED) is 0.610.